The van der Waals surface area contributed by atoms with E-state index < -0.39 is 17.4 Å². The molecule has 0 bridgehead atoms. The predicted molar refractivity (Wildman–Crippen MR) is 159 cm³/mol. The largest absolute Gasteiger partial charge is 0.497 e. The SMILES string of the molecule is COc1ccc(C[C@](C)(NC(=O)c2ccc3c(C4CCCCC4)c4n(c3c2)CCOc2ccccc2-4)C(=O)O)cc1. The van der Waals surface area contributed by atoms with Crippen molar-refractivity contribution in [2.24, 2.45) is 0 Å². The third kappa shape index (κ3) is 5.05. The van der Waals surface area contributed by atoms with Gasteiger partial charge in [0.2, 0.25) is 0 Å². The van der Waals surface area contributed by atoms with Crippen molar-refractivity contribution in [1.82, 2.24) is 9.88 Å². The minimum Gasteiger partial charge on any atom is -0.497 e. The molecule has 212 valence electrons. The molecule has 3 aromatic carbocycles. The highest BCUT2D eigenvalue weighted by Gasteiger charge is 2.36. The van der Waals surface area contributed by atoms with Gasteiger partial charge in [-0.2, -0.15) is 0 Å². The number of ether oxygens (including phenoxy) is 2. The quantitative estimate of drug-likeness (QED) is 0.271. The fourth-order valence-corrected chi connectivity index (χ4v) is 6.53. The number of benzene rings is 3. The normalized spacial score (nSPS) is 16.5. The minimum absolute atomic E-state index is 0.140. The summed E-state index contributed by atoms with van der Waals surface area (Å²) in [5.41, 5.74) is 4.35. The summed E-state index contributed by atoms with van der Waals surface area (Å²) in [6.45, 7) is 2.75. The molecule has 0 spiro atoms. The fraction of sp³-hybridized carbons (Fsp3) is 0.353. The van der Waals surface area contributed by atoms with Gasteiger partial charge in [0.1, 0.15) is 23.6 Å². The van der Waals surface area contributed by atoms with E-state index in [1.165, 1.54) is 35.9 Å². The summed E-state index contributed by atoms with van der Waals surface area (Å²) in [4.78, 5) is 26.0. The second kappa shape index (κ2) is 11.0. The van der Waals surface area contributed by atoms with Crippen LogP contribution < -0.4 is 14.8 Å². The highest BCUT2D eigenvalue weighted by atomic mass is 16.5. The summed E-state index contributed by atoms with van der Waals surface area (Å²) < 4.78 is 13.7. The molecule has 0 unspecified atom stereocenters. The molecule has 2 heterocycles. The number of para-hydroxylation sites is 1. The Morgan fingerprint density at radius 1 is 1.05 bits per heavy atom. The summed E-state index contributed by atoms with van der Waals surface area (Å²) in [7, 11) is 1.58. The highest BCUT2D eigenvalue weighted by Crippen LogP contribution is 2.47. The molecule has 0 radical (unpaired) electrons. The Bertz CT molecular complexity index is 1600. The number of aromatic nitrogens is 1. The molecular formula is C34H36N2O5. The van der Waals surface area contributed by atoms with E-state index in [2.05, 4.69) is 28.1 Å². The van der Waals surface area contributed by atoms with E-state index in [4.69, 9.17) is 9.47 Å². The van der Waals surface area contributed by atoms with Crippen molar-refractivity contribution < 1.29 is 24.2 Å². The van der Waals surface area contributed by atoms with Crippen molar-refractivity contribution >= 4 is 22.8 Å². The second-order valence-corrected chi connectivity index (χ2v) is 11.4. The molecule has 41 heavy (non-hydrogen) atoms. The molecule has 4 aromatic rings. The van der Waals surface area contributed by atoms with E-state index >= 15 is 0 Å². The van der Waals surface area contributed by atoms with Gasteiger partial charge in [-0.3, -0.25) is 4.79 Å². The van der Waals surface area contributed by atoms with Gasteiger partial charge in [-0.15, -0.1) is 0 Å². The zero-order chi connectivity index (χ0) is 28.6. The number of carbonyl (C=O) groups is 2. The number of methoxy groups -OCH3 is 1. The Kier molecular flexibility index (Phi) is 7.20. The zero-order valence-electron chi connectivity index (χ0n) is 23.6. The van der Waals surface area contributed by atoms with Crippen molar-refractivity contribution in [3.8, 4) is 22.8 Å². The Balaban J connectivity index is 1.39. The molecule has 1 amide bonds. The van der Waals surface area contributed by atoms with Crippen LogP contribution in [0.25, 0.3) is 22.2 Å². The van der Waals surface area contributed by atoms with E-state index in [1.807, 2.05) is 36.4 Å². The maximum atomic E-state index is 13.6. The molecule has 1 fully saturated rings. The molecule has 1 aromatic heterocycles. The number of nitrogens with zero attached hydrogens (tertiary/aromatic N) is 1. The number of hydrogen-bond donors (Lipinski definition) is 2. The molecule has 7 heteroatoms. The van der Waals surface area contributed by atoms with Crippen molar-refractivity contribution in [3.05, 3.63) is 83.4 Å². The Labute approximate surface area is 240 Å². The third-order valence-electron chi connectivity index (χ3n) is 8.67. The summed E-state index contributed by atoms with van der Waals surface area (Å²) in [6.07, 6.45) is 6.16. The van der Waals surface area contributed by atoms with Crippen LogP contribution in [0, 0.1) is 0 Å². The van der Waals surface area contributed by atoms with Gasteiger partial charge in [0.25, 0.3) is 5.91 Å². The minimum atomic E-state index is -1.49. The number of rotatable bonds is 7. The van der Waals surface area contributed by atoms with Gasteiger partial charge in [-0.25, -0.2) is 4.79 Å². The van der Waals surface area contributed by atoms with Gasteiger partial charge in [-0.05, 0) is 73.2 Å². The van der Waals surface area contributed by atoms with Crippen LogP contribution in [0.4, 0.5) is 0 Å². The predicted octanol–water partition coefficient (Wildman–Crippen LogP) is 6.57. The number of nitrogens with one attached hydrogen (secondary N) is 1. The molecule has 1 aliphatic carbocycles. The van der Waals surface area contributed by atoms with E-state index in [0.29, 0.717) is 30.4 Å². The smallest absolute Gasteiger partial charge is 0.329 e. The molecule has 0 saturated heterocycles. The monoisotopic (exact) mass is 552 g/mol. The van der Waals surface area contributed by atoms with Gasteiger partial charge in [0.15, 0.2) is 0 Å². The maximum Gasteiger partial charge on any atom is 0.329 e. The first kappa shape index (κ1) is 26.9. The summed E-state index contributed by atoms with van der Waals surface area (Å²) in [5.74, 6) is 0.529. The van der Waals surface area contributed by atoms with Crippen LogP contribution in [0.5, 0.6) is 11.5 Å². The first-order chi connectivity index (χ1) is 19.9. The van der Waals surface area contributed by atoms with Gasteiger partial charge < -0.3 is 24.5 Å². The van der Waals surface area contributed by atoms with E-state index in [0.717, 1.165) is 35.2 Å². The molecule has 6 rings (SSSR count). The summed E-state index contributed by atoms with van der Waals surface area (Å²) >= 11 is 0. The number of carbonyl (C=O) groups excluding carboxylic acids is 1. The van der Waals surface area contributed by atoms with Crippen molar-refractivity contribution in [1.29, 1.82) is 0 Å². The topological polar surface area (TPSA) is 89.8 Å². The number of fused-ring (bicyclic) bond motifs is 5. The average molecular weight is 553 g/mol. The standard InChI is InChI=1S/C34H36N2O5/c1-34(33(38)39,21-22-12-15-25(40-2)16-13-22)35-32(37)24-14-17-26-28(20-24)36-18-19-41-29-11-7-6-10-27(29)31(36)30(26)23-8-4-3-5-9-23/h6-7,10-17,20,23H,3-5,8-9,18-19,21H2,1-2H3,(H,35,37)(H,38,39)/t34-/m0/s1. The van der Waals surface area contributed by atoms with Crippen LogP contribution in [0.1, 0.15) is 66.4 Å². The van der Waals surface area contributed by atoms with Gasteiger partial charge in [0.05, 0.1) is 19.3 Å². The Morgan fingerprint density at radius 2 is 1.80 bits per heavy atom. The number of carboxylic acid groups (broad SMARTS) is 1. The summed E-state index contributed by atoms with van der Waals surface area (Å²) in [5, 5.41) is 14.1. The lowest BCUT2D eigenvalue weighted by atomic mass is 9.81. The Hall–Kier alpha value is -4.26. The number of hydrogen-bond acceptors (Lipinski definition) is 4. The first-order valence-electron chi connectivity index (χ1n) is 14.4. The Morgan fingerprint density at radius 3 is 2.54 bits per heavy atom. The lowest BCUT2D eigenvalue weighted by Crippen LogP contribution is -2.53. The third-order valence-corrected chi connectivity index (χ3v) is 8.67. The van der Waals surface area contributed by atoms with Gasteiger partial charge >= 0.3 is 5.97 Å². The van der Waals surface area contributed by atoms with E-state index in [-0.39, 0.29) is 6.42 Å². The van der Waals surface area contributed by atoms with Gasteiger partial charge in [0, 0.05) is 28.5 Å². The highest BCUT2D eigenvalue weighted by molar-refractivity contribution is 6.02. The lowest BCUT2D eigenvalue weighted by Gasteiger charge is -2.26. The lowest BCUT2D eigenvalue weighted by molar-refractivity contribution is -0.143. The van der Waals surface area contributed by atoms with Crippen LogP contribution in [0.3, 0.4) is 0 Å². The number of aliphatic carboxylic acids is 1. The first-order valence-corrected chi connectivity index (χ1v) is 14.4. The zero-order valence-corrected chi connectivity index (χ0v) is 23.6. The molecule has 7 nitrogen and oxygen atoms in total. The number of amides is 1. The van der Waals surface area contributed by atoms with E-state index in [9.17, 15) is 14.7 Å². The molecule has 1 saturated carbocycles. The average Bonchev–Trinajstić information content (AvgIpc) is 3.18. The van der Waals surface area contributed by atoms with Crippen LogP contribution >= 0.6 is 0 Å². The van der Waals surface area contributed by atoms with Crippen LogP contribution in [-0.4, -0.2) is 40.8 Å². The molecule has 1 atom stereocenters. The van der Waals surface area contributed by atoms with Crippen molar-refractivity contribution in [3.63, 3.8) is 0 Å². The van der Waals surface area contributed by atoms with Crippen molar-refractivity contribution in [2.45, 2.75) is 63.5 Å². The second-order valence-electron chi connectivity index (χ2n) is 11.4. The van der Waals surface area contributed by atoms with Crippen LogP contribution in [0.2, 0.25) is 0 Å². The molecule has 2 aliphatic rings. The van der Waals surface area contributed by atoms with Crippen molar-refractivity contribution in [2.75, 3.05) is 13.7 Å². The summed E-state index contributed by atoms with van der Waals surface area (Å²) in [6, 6.07) is 21.2. The molecule has 1 aliphatic heterocycles. The van der Waals surface area contributed by atoms with Crippen LogP contribution in [0.15, 0.2) is 66.7 Å². The maximum absolute atomic E-state index is 13.6. The van der Waals surface area contributed by atoms with E-state index in [1.54, 1.807) is 26.2 Å². The number of carboxylic acids is 1. The van der Waals surface area contributed by atoms with Gasteiger partial charge in [-0.1, -0.05) is 49.6 Å². The molecule has 2 N–H and O–H groups in total. The molecular weight excluding hydrogens is 516 g/mol. The van der Waals surface area contributed by atoms with Crippen LogP contribution in [-0.2, 0) is 17.8 Å². The fourth-order valence-electron chi connectivity index (χ4n) is 6.53.